The Hall–Kier alpha value is -2.51. The highest BCUT2D eigenvalue weighted by atomic mass is 19.1. The first-order valence-electron chi connectivity index (χ1n) is 10.8. The molecule has 2 amide bonds. The van der Waals surface area contributed by atoms with Crippen LogP contribution in [0.25, 0.3) is 0 Å². The Kier molecular flexibility index (Phi) is 4.95. The average Bonchev–Trinajstić information content (AvgIpc) is 3.14. The second kappa shape index (κ2) is 7.63. The molecular formula is C23H28FN5O. The molecule has 0 bridgehead atoms. The molecule has 2 aliphatic heterocycles. The first kappa shape index (κ1) is 19.5. The Morgan fingerprint density at radius 1 is 1.13 bits per heavy atom. The molecule has 1 aromatic heterocycles. The number of carbonyl (C=O) groups is 1. The van der Waals surface area contributed by atoms with Gasteiger partial charge in [0.2, 0.25) is 0 Å². The van der Waals surface area contributed by atoms with Crippen molar-refractivity contribution in [1.82, 2.24) is 26.1 Å². The summed E-state index contributed by atoms with van der Waals surface area (Å²) in [6.45, 7) is 4.76. The number of halogens is 1. The number of nitrogens with one attached hydrogen (secondary N) is 3. The number of benzene rings is 1. The third-order valence-electron chi connectivity index (χ3n) is 7.12. The van der Waals surface area contributed by atoms with Gasteiger partial charge >= 0.3 is 6.03 Å². The molecule has 3 aliphatic rings. The lowest BCUT2D eigenvalue weighted by Gasteiger charge is -2.47. The lowest BCUT2D eigenvalue weighted by atomic mass is 9.71. The van der Waals surface area contributed by atoms with E-state index < -0.39 is 0 Å². The summed E-state index contributed by atoms with van der Waals surface area (Å²) >= 11 is 0. The van der Waals surface area contributed by atoms with Crippen LogP contribution in [0.2, 0.25) is 0 Å². The molecule has 30 heavy (non-hydrogen) atoms. The molecule has 6 unspecified atom stereocenters. The van der Waals surface area contributed by atoms with Gasteiger partial charge in [-0.3, -0.25) is 10.4 Å². The lowest BCUT2D eigenvalue weighted by Crippen LogP contribution is -2.61. The monoisotopic (exact) mass is 409 g/mol. The highest BCUT2D eigenvalue weighted by Gasteiger charge is 2.48. The third kappa shape index (κ3) is 3.46. The number of hydrazine groups is 1. The molecule has 3 N–H and O–H groups in total. The van der Waals surface area contributed by atoms with Gasteiger partial charge in [0, 0.05) is 30.5 Å². The molecule has 1 aromatic carbocycles. The number of aryl methyl sites for hydroxylation is 1. The summed E-state index contributed by atoms with van der Waals surface area (Å²) in [5.74, 6) is 0.594. The molecular weight excluding hydrogens is 381 g/mol. The second-order valence-electron chi connectivity index (χ2n) is 8.93. The van der Waals surface area contributed by atoms with Gasteiger partial charge in [0.1, 0.15) is 5.82 Å². The molecule has 0 radical (unpaired) electrons. The van der Waals surface area contributed by atoms with E-state index in [-0.39, 0.29) is 30.0 Å². The fourth-order valence-corrected chi connectivity index (χ4v) is 5.46. The van der Waals surface area contributed by atoms with Crippen molar-refractivity contribution >= 4 is 6.03 Å². The summed E-state index contributed by atoms with van der Waals surface area (Å²) in [5.41, 5.74) is 10.2. The number of hydrogen-bond donors (Lipinski definition) is 3. The quantitative estimate of drug-likeness (QED) is 0.728. The minimum absolute atomic E-state index is 0.0289. The first-order chi connectivity index (χ1) is 14.5. The zero-order valence-corrected chi connectivity index (χ0v) is 17.3. The van der Waals surface area contributed by atoms with Crippen LogP contribution in [0.5, 0.6) is 0 Å². The van der Waals surface area contributed by atoms with E-state index in [1.54, 1.807) is 12.1 Å². The second-order valence-corrected chi connectivity index (χ2v) is 8.93. The topological polar surface area (TPSA) is 69.3 Å². The maximum atomic E-state index is 13.3. The molecule has 6 atom stereocenters. The van der Waals surface area contributed by atoms with Crippen LogP contribution in [0, 0.1) is 24.6 Å². The molecule has 0 spiro atoms. The van der Waals surface area contributed by atoms with Gasteiger partial charge in [-0.25, -0.2) is 14.6 Å². The molecule has 158 valence electrons. The zero-order chi connectivity index (χ0) is 20.8. The minimum atomic E-state index is -0.258. The van der Waals surface area contributed by atoms with Crippen molar-refractivity contribution < 1.29 is 9.18 Å². The van der Waals surface area contributed by atoms with E-state index in [2.05, 4.69) is 33.3 Å². The molecule has 3 fully saturated rings. The van der Waals surface area contributed by atoms with E-state index in [1.165, 1.54) is 17.7 Å². The van der Waals surface area contributed by atoms with Crippen molar-refractivity contribution in [1.29, 1.82) is 0 Å². The summed E-state index contributed by atoms with van der Waals surface area (Å²) in [5, 5.41) is 3.24. The Morgan fingerprint density at radius 3 is 2.70 bits per heavy atom. The van der Waals surface area contributed by atoms with Crippen molar-refractivity contribution in [2.75, 3.05) is 6.54 Å². The summed E-state index contributed by atoms with van der Waals surface area (Å²) in [6, 6.07) is 11.3. The van der Waals surface area contributed by atoms with Gasteiger partial charge < -0.3 is 10.2 Å². The third-order valence-corrected chi connectivity index (χ3v) is 7.12. The Balaban J connectivity index is 1.33. The average molecular weight is 410 g/mol. The van der Waals surface area contributed by atoms with Crippen molar-refractivity contribution in [2.24, 2.45) is 11.8 Å². The number of amides is 2. The Bertz CT molecular complexity index is 935. The van der Waals surface area contributed by atoms with Crippen LogP contribution in [0.4, 0.5) is 9.18 Å². The summed E-state index contributed by atoms with van der Waals surface area (Å²) in [4.78, 5) is 19.1. The van der Waals surface area contributed by atoms with E-state index in [0.717, 1.165) is 30.6 Å². The van der Waals surface area contributed by atoms with E-state index in [0.29, 0.717) is 17.9 Å². The van der Waals surface area contributed by atoms with Crippen LogP contribution >= 0.6 is 0 Å². The van der Waals surface area contributed by atoms with Gasteiger partial charge in [0.05, 0.1) is 12.1 Å². The summed E-state index contributed by atoms with van der Waals surface area (Å²) in [7, 11) is 0. The van der Waals surface area contributed by atoms with Gasteiger partial charge in [0.15, 0.2) is 0 Å². The number of urea groups is 1. The van der Waals surface area contributed by atoms with Gasteiger partial charge in [-0.2, -0.15) is 0 Å². The predicted molar refractivity (Wildman–Crippen MR) is 112 cm³/mol. The van der Waals surface area contributed by atoms with Gasteiger partial charge in [0.25, 0.3) is 0 Å². The summed E-state index contributed by atoms with van der Waals surface area (Å²) in [6.07, 6.45) is 3.83. The largest absolute Gasteiger partial charge is 0.335 e. The molecule has 5 rings (SSSR count). The van der Waals surface area contributed by atoms with Gasteiger partial charge in [-0.05, 0) is 73.9 Å². The van der Waals surface area contributed by atoms with E-state index in [9.17, 15) is 9.18 Å². The predicted octanol–water partition coefficient (Wildman–Crippen LogP) is 3.23. The van der Waals surface area contributed by atoms with Gasteiger partial charge in [-0.15, -0.1) is 0 Å². The SMILES string of the molecule is Cc1cc(C2NNC3CC4NC(=O)N(C(C)c5ccc(F)cc5)CC4CC32)ccn1. The van der Waals surface area contributed by atoms with E-state index >= 15 is 0 Å². The van der Waals surface area contributed by atoms with Gasteiger partial charge in [-0.1, -0.05) is 12.1 Å². The molecule has 7 heteroatoms. The number of pyridine rings is 1. The number of rotatable bonds is 3. The van der Waals surface area contributed by atoms with Crippen LogP contribution < -0.4 is 16.2 Å². The van der Waals surface area contributed by atoms with Crippen LogP contribution in [0.1, 0.15) is 48.7 Å². The maximum Gasteiger partial charge on any atom is 0.318 e. The number of hydrogen-bond acceptors (Lipinski definition) is 4. The fourth-order valence-electron chi connectivity index (χ4n) is 5.46. The number of aromatic nitrogens is 1. The Labute approximate surface area is 176 Å². The molecule has 2 aromatic rings. The van der Waals surface area contributed by atoms with Crippen LogP contribution in [0.15, 0.2) is 42.6 Å². The lowest BCUT2D eigenvalue weighted by molar-refractivity contribution is 0.0835. The molecule has 1 aliphatic carbocycles. The van der Waals surface area contributed by atoms with Crippen molar-refractivity contribution in [3.63, 3.8) is 0 Å². The van der Waals surface area contributed by atoms with Crippen molar-refractivity contribution in [3.8, 4) is 0 Å². The smallest absolute Gasteiger partial charge is 0.318 e. The Morgan fingerprint density at radius 2 is 1.93 bits per heavy atom. The first-order valence-corrected chi connectivity index (χ1v) is 10.8. The van der Waals surface area contributed by atoms with Crippen molar-refractivity contribution in [2.45, 2.75) is 50.9 Å². The maximum absolute atomic E-state index is 13.3. The number of fused-ring (bicyclic) bond motifs is 2. The van der Waals surface area contributed by atoms with E-state index in [4.69, 9.17) is 0 Å². The number of nitrogens with zero attached hydrogens (tertiary/aromatic N) is 2. The summed E-state index contributed by atoms with van der Waals surface area (Å²) < 4.78 is 13.3. The zero-order valence-electron chi connectivity index (χ0n) is 17.3. The van der Waals surface area contributed by atoms with Crippen LogP contribution in [0.3, 0.4) is 0 Å². The van der Waals surface area contributed by atoms with E-state index in [1.807, 2.05) is 24.9 Å². The highest BCUT2D eigenvalue weighted by molar-refractivity contribution is 5.76. The standard InChI is InChI=1S/C23H28FN5O/c1-13-9-16(7-8-25-13)22-19-10-17-12-29(14(2)15-3-5-18(24)6-4-15)23(30)26-20(17)11-21(19)27-28-22/h3-9,14,17,19-22,27-28H,10-12H2,1-2H3,(H,26,30). The minimum Gasteiger partial charge on any atom is -0.335 e. The van der Waals surface area contributed by atoms with Crippen LogP contribution in [-0.2, 0) is 0 Å². The molecule has 2 saturated heterocycles. The normalized spacial score (nSPS) is 31.6. The molecule has 1 saturated carbocycles. The molecule has 6 nitrogen and oxygen atoms in total. The molecule has 3 heterocycles. The highest BCUT2D eigenvalue weighted by Crippen LogP contribution is 2.42. The van der Waals surface area contributed by atoms with Crippen molar-refractivity contribution in [3.05, 3.63) is 65.2 Å². The number of carbonyl (C=O) groups excluding carboxylic acids is 1. The van der Waals surface area contributed by atoms with Crippen LogP contribution in [-0.4, -0.2) is 34.5 Å². The fraction of sp³-hybridized carbons (Fsp3) is 0.478.